The Balaban J connectivity index is 0.000000423. The maximum absolute atomic E-state index is 13.9. The van der Waals surface area contributed by atoms with E-state index in [4.69, 9.17) is 19.9 Å². The molecule has 1 aliphatic heterocycles. The van der Waals surface area contributed by atoms with Crippen molar-refractivity contribution in [3.63, 3.8) is 0 Å². The van der Waals surface area contributed by atoms with E-state index in [9.17, 15) is 17.6 Å². The molecule has 0 amide bonds. The highest BCUT2D eigenvalue weighted by atomic mass is 19.4. The summed E-state index contributed by atoms with van der Waals surface area (Å²) in [5.41, 5.74) is 0.655. The number of aliphatic carboxylic acids is 1. The molecule has 2 heterocycles. The quantitative estimate of drug-likeness (QED) is 0.697. The number of carboxylic acids is 1. The monoisotopic (exact) mass is 441 g/mol. The van der Waals surface area contributed by atoms with Gasteiger partial charge in [-0.05, 0) is 19.1 Å². The predicted octanol–water partition coefficient (Wildman–Crippen LogP) is 2.50. The zero-order valence-corrected chi connectivity index (χ0v) is 16.4. The number of ether oxygens (including phenoxy) is 1. The van der Waals surface area contributed by atoms with Crippen LogP contribution in [0.1, 0.15) is 18.1 Å². The number of nitriles is 1. The fourth-order valence-corrected chi connectivity index (χ4v) is 2.59. The van der Waals surface area contributed by atoms with E-state index in [0.717, 1.165) is 25.5 Å². The number of nitrogens with zero attached hydrogens (tertiary/aromatic N) is 4. The van der Waals surface area contributed by atoms with Gasteiger partial charge in [0.1, 0.15) is 12.4 Å². The number of anilines is 1. The molecular weight excluding hydrogens is 422 g/mol. The lowest BCUT2D eigenvalue weighted by molar-refractivity contribution is -0.192. The topological polar surface area (TPSA) is 111 Å². The molecule has 2 aromatic rings. The van der Waals surface area contributed by atoms with Gasteiger partial charge in [-0.25, -0.2) is 9.18 Å². The van der Waals surface area contributed by atoms with E-state index in [1.165, 1.54) is 12.3 Å². The zero-order chi connectivity index (χ0) is 23.0. The summed E-state index contributed by atoms with van der Waals surface area (Å²) in [7, 11) is 0. The van der Waals surface area contributed by atoms with Gasteiger partial charge in [-0.2, -0.15) is 23.4 Å². The van der Waals surface area contributed by atoms with E-state index < -0.39 is 18.0 Å². The van der Waals surface area contributed by atoms with Crippen molar-refractivity contribution in [3.8, 4) is 11.9 Å². The van der Waals surface area contributed by atoms with Crippen molar-refractivity contribution in [1.29, 1.82) is 5.26 Å². The average molecular weight is 441 g/mol. The van der Waals surface area contributed by atoms with Gasteiger partial charge in [0.2, 0.25) is 5.88 Å². The summed E-state index contributed by atoms with van der Waals surface area (Å²) in [5.74, 6) is -2.12. The molecule has 0 radical (unpaired) electrons. The molecule has 3 rings (SSSR count). The first kappa shape index (κ1) is 23.8. The number of aromatic nitrogens is 2. The third kappa shape index (κ3) is 7.38. The van der Waals surface area contributed by atoms with Crippen LogP contribution in [0.15, 0.2) is 30.6 Å². The number of nitrogens with one attached hydrogen (secondary N) is 1. The van der Waals surface area contributed by atoms with Crippen LogP contribution in [-0.2, 0) is 11.4 Å². The van der Waals surface area contributed by atoms with Gasteiger partial charge in [0.05, 0.1) is 24.0 Å². The van der Waals surface area contributed by atoms with Crippen LogP contribution in [0.5, 0.6) is 5.88 Å². The average Bonchev–Trinajstić information content (AvgIpc) is 2.73. The summed E-state index contributed by atoms with van der Waals surface area (Å²) in [6.07, 6.45) is -1.87. The number of alkyl halides is 3. The summed E-state index contributed by atoms with van der Waals surface area (Å²) in [5, 5.41) is 19.3. The van der Waals surface area contributed by atoms with Gasteiger partial charge >= 0.3 is 12.1 Å². The minimum Gasteiger partial charge on any atom is -0.475 e. The molecule has 1 unspecified atom stereocenters. The molecular formula is C19H19F4N5O3. The highest BCUT2D eigenvalue weighted by Gasteiger charge is 2.38. The van der Waals surface area contributed by atoms with Crippen molar-refractivity contribution >= 4 is 11.8 Å². The summed E-state index contributed by atoms with van der Waals surface area (Å²) in [6, 6.07) is 6.59. The molecule has 1 aromatic heterocycles. The predicted molar refractivity (Wildman–Crippen MR) is 101 cm³/mol. The molecule has 1 aliphatic rings. The summed E-state index contributed by atoms with van der Waals surface area (Å²) < 4.78 is 51.2. The van der Waals surface area contributed by atoms with E-state index in [1.54, 1.807) is 18.3 Å². The van der Waals surface area contributed by atoms with Crippen molar-refractivity contribution < 1.29 is 32.2 Å². The Morgan fingerprint density at radius 2 is 2.13 bits per heavy atom. The Hall–Kier alpha value is -3.46. The SMILES string of the molecule is CC1CN(c2cncc(OCc3ccc(C#N)cc3F)n2)CCN1.O=C(O)C(F)(F)F. The summed E-state index contributed by atoms with van der Waals surface area (Å²) in [4.78, 5) is 19.6. The number of hydrogen-bond donors (Lipinski definition) is 2. The molecule has 31 heavy (non-hydrogen) atoms. The number of carboxylic acid groups (broad SMARTS) is 1. The molecule has 1 fully saturated rings. The lowest BCUT2D eigenvalue weighted by Crippen LogP contribution is -2.49. The minimum absolute atomic E-state index is 0.0354. The van der Waals surface area contributed by atoms with E-state index in [1.807, 2.05) is 6.07 Å². The van der Waals surface area contributed by atoms with Gasteiger partial charge in [-0.1, -0.05) is 6.07 Å². The Labute approximate surface area is 175 Å². The Kier molecular flexibility index (Phi) is 8.09. The van der Waals surface area contributed by atoms with Crippen molar-refractivity contribution in [2.24, 2.45) is 0 Å². The summed E-state index contributed by atoms with van der Waals surface area (Å²) >= 11 is 0. The minimum atomic E-state index is -5.08. The smallest absolute Gasteiger partial charge is 0.475 e. The first-order chi connectivity index (χ1) is 14.6. The van der Waals surface area contributed by atoms with E-state index in [2.05, 4.69) is 27.1 Å². The lowest BCUT2D eigenvalue weighted by atomic mass is 10.1. The van der Waals surface area contributed by atoms with Gasteiger partial charge < -0.3 is 20.1 Å². The van der Waals surface area contributed by atoms with Crippen LogP contribution in [0.25, 0.3) is 0 Å². The van der Waals surface area contributed by atoms with Crippen molar-refractivity contribution in [2.45, 2.75) is 25.7 Å². The van der Waals surface area contributed by atoms with E-state index in [-0.39, 0.29) is 12.2 Å². The van der Waals surface area contributed by atoms with Gasteiger partial charge in [0, 0.05) is 31.2 Å². The molecule has 0 bridgehead atoms. The standard InChI is InChI=1S/C17H18FN5O.C2HF3O2/c1-12-10-23(5-4-21-12)16-8-20-9-17(22-16)24-11-14-3-2-13(7-19)6-15(14)18;3-2(4,5)1(6)7/h2-3,6,8-9,12,21H,4-5,10-11H2,1H3;(H,6,7). The largest absolute Gasteiger partial charge is 0.490 e. The summed E-state index contributed by atoms with van der Waals surface area (Å²) in [6.45, 7) is 4.75. The van der Waals surface area contributed by atoms with Crippen LogP contribution in [0.3, 0.4) is 0 Å². The number of rotatable bonds is 4. The number of hydrogen-bond acceptors (Lipinski definition) is 7. The molecule has 166 valence electrons. The maximum Gasteiger partial charge on any atom is 0.490 e. The number of piperazine rings is 1. The Morgan fingerprint density at radius 3 is 2.71 bits per heavy atom. The Morgan fingerprint density at radius 1 is 1.42 bits per heavy atom. The Bertz CT molecular complexity index is 949. The highest BCUT2D eigenvalue weighted by Crippen LogP contribution is 2.18. The lowest BCUT2D eigenvalue weighted by Gasteiger charge is -2.32. The van der Waals surface area contributed by atoms with Crippen LogP contribution in [0.2, 0.25) is 0 Å². The normalized spacial score (nSPS) is 16.0. The third-order valence-electron chi connectivity index (χ3n) is 4.09. The van der Waals surface area contributed by atoms with Crippen LogP contribution >= 0.6 is 0 Å². The maximum atomic E-state index is 13.9. The molecule has 0 saturated carbocycles. The second-order valence-corrected chi connectivity index (χ2v) is 6.53. The third-order valence-corrected chi connectivity index (χ3v) is 4.09. The first-order valence-electron chi connectivity index (χ1n) is 9.02. The van der Waals surface area contributed by atoms with Gasteiger partial charge in [0.25, 0.3) is 0 Å². The second kappa shape index (κ2) is 10.5. The van der Waals surface area contributed by atoms with Crippen LogP contribution in [0, 0.1) is 17.1 Å². The highest BCUT2D eigenvalue weighted by molar-refractivity contribution is 5.73. The first-order valence-corrected chi connectivity index (χ1v) is 9.02. The van der Waals surface area contributed by atoms with Gasteiger partial charge in [-0.15, -0.1) is 0 Å². The fourth-order valence-electron chi connectivity index (χ4n) is 2.59. The van der Waals surface area contributed by atoms with Crippen molar-refractivity contribution in [2.75, 3.05) is 24.5 Å². The fraction of sp³-hybridized carbons (Fsp3) is 0.368. The zero-order valence-electron chi connectivity index (χ0n) is 16.4. The molecule has 0 spiro atoms. The van der Waals surface area contributed by atoms with Crippen molar-refractivity contribution in [1.82, 2.24) is 15.3 Å². The van der Waals surface area contributed by atoms with E-state index >= 15 is 0 Å². The second-order valence-electron chi connectivity index (χ2n) is 6.53. The van der Waals surface area contributed by atoms with Gasteiger partial charge in [0.15, 0.2) is 5.82 Å². The van der Waals surface area contributed by atoms with Crippen molar-refractivity contribution in [3.05, 3.63) is 47.5 Å². The number of halogens is 4. The molecule has 1 saturated heterocycles. The molecule has 0 aliphatic carbocycles. The molecule has 8 nitrogen and oxygen atoms in total. The van der Waals surface area contributed by atoms with Crippen LogP contribution < -0.4 is 15.0 Å². The molecule has 1 aromatic carbocycles. The van der Waals surface area contributed by atoms with E-state index in [0.29, 0.717) is 17.5 Å². The van der Waals surface area contributed by atoms with Crippen LogP contribution in [-0.4, -0.2) is 52.9 Å². The molecule has 1 atom stereocenters. The molecule has 12 heteroatoms. The van der Waals surface area contributed by atoms with Crippen LogP contribution in [0.4, 0.5) is 23.4 Å². The number of carbonyl (C=O) groups is 1. The number of benzene rings is 1. The van der Waals surface area contributed by atoms with Gasteiger partial charge in [-0.3, -0.25) is 4.98 Å². The molecule has 2 N–H and O–H groups in total.